The highest BCUT2D eigenvalue weighted by Crippen LogP contribution is 2.23. The number of hydrogen-bond donors (Lipinski definition) is 3. The first-order valence-electron chi connectivity index (χ1n) is 6.59. The molecule has 0 unspecified atom stereocenters. The number of carbonyl (C=O) groups is 1. The van der Waals surface area contributed by atoms with Gasteiger partial charge < -0.3 is 15.7 Å². The van der Waals surface area contributed by atoms with Crippen molar-refractivity contribution in [2.45, 2.75) is 13.3 Å². The van der Waals surface area contributed by atoms with E-state index >= 15 is 0 Å². The largest absolute Gasteiger partial charge is 0.506 e. The normalized spacial score (nSPS) is 10.1. The Morgan fingerprint density at radius 2 is 1.91 bits per heavy atom. The first-order valence-corrected chi connectivity index (χ1v) is 7.37. The minimum Gasteiger partial charge on any atom is -0.506 e. The van der Waals surface area contributed by atoms with E-state index in [9.17, 15) is 9.90 Å². The molecule has 0 saturated carbocycles. The van der Waals surface area contributed by atoms with Crippen molar-refractivity contribution in [3.05, 3.63) is 58.6 Å². The predicted molar refractivity (Wildman–Crippen MR) is 92.4 cm³/mol. The van der Waals surface area contributed by atoms with Gasteiger partial charge in [-0.1, -0.05) is 29.8 Å². The van der Waals surface area contributed by atoms with Crippen molar-refractivity contribution >= 4 is 40.5 Å². The molecule has 0 bridgehead atoms. The van der Waals surface area contributed by atoms with E-state index in [-0.39, 0.29) is 23.2 Å². The van der Waals surface area contributed by atoms with Crippen LogP contribution in [0.4, 0.5) is 5.69 Å². The lowest BCUT2D eigenvalue weighted by Crippen LogP contribution is -2.35. The van der Waals surface area contributed by atoms with Gasteiger partial charge in [0.1, 0.15) is 5.75 Å². The zero-order valence-corrected chi connectivity index (χ0v) is 13.5. The fraction of sp³-hybridized carbons (Fsp3) is 0.125. The molecule has 4 nitrogen and oxygen atoms in total. The van der Waals surface area contributed by atoms with Gasteiger partial charge >= 0.3 is 0 Å². The summed E-state index contributed by atoms with van der Waals surface area (Å²) in [6.07, 6.45) is 0.193. The molecule has 1 amide bonds. The summed E-state index contributed by atoms with van der Waals surface area (Å²) in [5, 5.41) is 15.9. The number of carbonyl (C=O) groups excluding carboxylic acids is 1. The lowest BCUT2D eigenvalue weighted by molar-refractivity contribution is -0.119. The van der Waals surface area contributed by atoms with Crippen molar-refractivity contribution in [3.8, 4) is 5.75 Å². The molecular weight excluding hydrogens is 320 g/mol. The Hall–Kier alpha value is -2.11. The van der Waals surface area contributed by atoms with Gasteiger partial charge in [-0.05, 0) is 54.5 Å². The van der Waals surface area contributed by atoms with Crippen LogP contribution >= 0.6 is 23.8 Å². The molecule has 0 spiro atoms. The van der Waals surface area contributed by atoms with Crippen molar-refractivity contribution in [1.29, 1.82) is 0 Å². The molecule has 0 saturated heterocycles. The molecule has 0 aliphatic carbocycles. The Labute approximate surface area is 139 Å². The third-order valence-electron chi connectivity index (χ3n) is 2.93. The van der Waals surface area contributed by atoms with E-state index in [1.54, 1.807) is 36.4 Å². The molecule has 3 N–H and O–H groups in total. The molecule has 2 aromatic rings. The molecule has 0 atom stereocenters. The smallest absolute Gasteiger partial charge is 0.230 e. The monoisotopic (exact) mass is 334 g/mol. The number of nitrogens with one attached hydrogen (secondary N) is 2. The third kappa shape index (κ3) is 4.72. The van der Waals surface area contributed by atoms with Crippen LogP contribution in [0.1, 0.15) is 11.1 Å². The minimum absolute atomic E-state index is 0.0781. The zero-order chi connectivity index (χ0) is 16.1. The highest BCUT2D eigenvalue weighted by atomic mass is 35.5. The Morgan fingerprint density at radius 1 is 1.23 bits per heavy atom. The molecule has 0 fully saturated rings. The topological polar surface area (TPSA) is 61.4 Å². The first-order chi connectivity index (χ1) is 10.4. The lowest BCUT2D eigenvalue weighted by Gasteiger charge is -2.11. The van der Waals surface area contributed by atoms with Gasteiger partial charge in [0.2, 0.25) is 5.91 Å². The van der Waals surface area contributed by atoms with Gasteiger partial charge in [-0.2, -0.15) is 0 Å². The highest BCUT2D eigenvalue weighted by molar-refractivity contribution is 7.80. The molecular formula is C16H15ClN2O2S. The average Bonchev–Trinajstić information content (AvgIpc) is 2.44. The standard InChI is InChI=1S/C16H15ClN2O2S/c1-10-2-7-13(14(20)8-10)18-16(22)19-15(21)9-11-3-5-12(17)6-4-11/h2-8,20H,9H2,1H3,(H2,18,19,21,22). The van der Waals surface area contributed by atoms with Crippen molar-refractivity contribution < 1.29 is 9.90 Å². The first kappa shape index (κ1) is 16.3. The second-order valence-corrected chi connectivity index (χ2v) is 5.67. The molecule has 0 radical (unpaired) electrons. The van der Waals surface area contributed by atoms with Gasteiger partial charge in [0.05, 0.1) is 12.1 Å². The van der Waals surface area contributed by atoms with Gasteiger partial charge in [0, 0.05) is 5.02 Å². The number of phenols is 1. The zero-order valence-electron chi connectivity index (χ0n) is 11.9. The van der Waals surface area contributed by atoms with Gasteiger partial charge in [-0.3, -0.25) is 4.79 Å². The van der Waals surface area contributed by atoms with Crippen LogP contribution in [0.25, 0.3) is 0 Å². The summed E-state index contributed by atoms with van der Waals surface area (Å²) in [5.41, 5.74) is 2.21. The van der Waals surface area contributed by atoms with Crippen LogP contribution in [0.3, 0.4) is 0 Å². The number of rotatable bonds is 3. The van der Waals surface area contributed by atoms with Crippen molar-refractivity contribution in [1.82, 2.24) is 5.32 Å². The van der Waals surface area contributed by atoms with E-state index < -0.39 is 0 Å². The summed E-state index contributed by atoms with van der Waals surface area (Å²) >= 11 is 10.9. The maximum atomic E-state index is 11.9. The van der Waals surface area contributed by atoms with Gasteiger partial charge in [0.25, 0.3) is 0 Å². The van der Waals surface area contributed by atoms with Crippen molar-refractivity contribution in [2.24, 2.45) is 0 Å². The Kier molecular flexibility index (Phi) is 5.35. The third-order valence-corrected chi connectivity index (χ3v) is 3.39. The molecule has 2 aromatic carbocycles. The molecule has 0 aliphatic rings. The Morgan fingerprint density at radius 3 is 2.55 bits per heavy atom. The SMILES string of the molecule is Cc1ccc(NC(=S)NC(=O)Cc2ccc(Cl)cc2)c(O)c1. The van der Waals surface area contributed by atoms with Crippen molar-refractivity contribution in [2.75, 3.05) is 5.32 Å². The summed E-state index contributed by atoms with van der Waals surface area (Å²) in [6, 6.07) is 12.2. The number of amides is 1. The highest BCUT2D eigenvalue weighted by Gasteiger charge is 2.08. The molecule has 0 aliphatic heterocycles. The summed E-state index contributed by atoms with van der Waals surface area (Å²) in [6.45, 7) is 1.87. The lowest BCUT2D eigenvalue weighted by atomic mass is 10.1. The van der Waals surface area contributed by atoms with Crippen LogP contribution in [0.5, 0.6) is 5.75 Å². The van der Waals surface area contributed by atoms with Crippen LogP contribution in [0.2, 0.25) is 5.02 Å². The predicted octanol–water partition coefficient (Wildman–Crippen LogP) is 3.41. The number of aromatic hydroxyl groups is 1. The van der Waals surface area contributed by atoms with Crippen LogP contribution < -0.4 is 10.6 Å². The summed E-state index contributed by atoms with van der Waals surface area (Å²) < 4.78 is 0. The van der Waals surface area contributed by atoms with E-state index in [1.807, 2.05) is 13.0 Å². The Balaban J connectivity index is 1.91. The summed E-state index contributed by atoms with van der Waals surface area (Å²) in [4.78, 5) is 11.9. The maximum absolute atomic E-state index is 11.9. The average molecular weight is 335 g/mol. The number of thiocarbonyl (C=S) groups is 1. The summed E-state index contributed by atoms with van der Waals surface area (Å²) in [5.74, 6) is -0.166. The molecule has 0 heterocycles. The van der Waals surface area contributed by atoms with E-state index in [0.717, 1.165) is 11.1 Å². The number of anilines is 1. The molecule has 2 rings (SSSR count). The van der Waals surface area contributed by atoms with Crippen LogP contribution in [-0.4, -0.2) is 16.1 Å². The number of halogens is 1. The molecule has 114 valence electrons. The number of phenolic OH excluding ortho intramolecular Hbond substituents is 1. The van der Waals surface area contributed by atoms with E-state index in [0.29, 0.717) is 10.7 Å². The molecule has 0 aromatic heterocycles. The van der Waals surface area contributed by atoms with Crippen LogP contribution in [-0.2, 0) is 11.2 Å². The van der Waals surface area contributed by atoms with E-state index in [1.165, 1.54) is 0 Å². The summed E-state index contributed by atoms with van der Waals surface area (Å²) in [7, 11) is 0. The van der Waals surface area contributed by atoms with E-state index in [2.05, 4.69) is 10.6 Å². The van der Waals surface area contributed by atoms with Crippen molar-refractivity contribution in [3.63, 3.8) is 0 Å². The number of benzene rings is 2. The van der Waals surface area contributed by atoms with Crippen LogP contribution in [0, 0.1) is 6.92 Å². The second kappa shape index (κ2) is 7.24. The quantitative estimate of drug-likeness (QED) is 0.594. The Bertz CT molecular complexity index is 702. The van der Waals surface area contributed by atoms with Gasteiger partial charge in [-0.25, -0.2) is 0 Å². The fourth-order valence-corrected chi connectivity index (χ4v) is 2.21. The van der Waals surface area contributed by atoms with E-state index in [4.69, 9.17) is 23.8 Å². The number of hydrogen-bond acceptors (Lipinski definition) is 3. The van der Waals surface area contributed by atoms with Crippen LogP contribution in [0.15, 0.2) is 42.5 Å². The molecule has 6 heteroatoms. The van der Waals surface area contributed by atoms with Gasteiger partial charge in [0.15, 0.2) is 5.11 Å². The maximum Gasteiger partial charge on any atom is 0.230 e. The van der Waals surface area contributed by atoms with Gasteiger partial charge in [-0.15, -0.1) is 0 Å². The second-order valence-electron chi connectivity index (χ2n) is 4.83. The fourth-order valence-electron chi connectivity index (χ4n) is 1.86. The number of aryl methyl sites for hydroxylation is 1. The minimum atomic E-state index is -0.244. The molecule has 22 heavy (non-hydrogen) atoms.